The maximum Gasteiger partial charge on any atom is 0.336 e. The summed E-state index contributed by atoms with van der Waals surface area (Å²) >= 11 is 0. The van der Waals surface area contributed by atoms with Crippen LogP contribution in [0.3, 0.4) is 0 Å². The van der Waals surface area contributed by atoms with Gasteiger partial charge in [0, 0.05) is 35.3 Å². The molecular formula is C26H30N4O2. The van der Waals surface area contributed by atoms with Crippen molar-refractivity contribution >= 4 is 17.0 Å². The van der Waals surface area contributed by atoms with Gasteiger partial charge in [-0.05, 0) is 64.0 Å². The quantitative estimate of drug-likeness (QED) is 0.645. The zero-order chi connectivity index (χ0) is 21.9. The summed E-state index contributed by atoms with van der Waals surface area (Å²) < 4.78 is 0. The molecule has 2 aliphatic heterocycles. The van der Waals surface area contributed by atoms with Crippen LogP contribution in [0.1, 0.15) is 48.0 Å². The van der Waals surface area contributed by atoms with Crippen molar-refractivity contribution in [3.63, 3.8) is 0 Å². The lowest BCUT2D eigenvalue weighted by Gasteiger charge is -2.40. The van der Waals surface area contributed by atoms with E-state index in [0.29, 0.717) is 29.2 Å². The van der Waals surface area contributed by atoms with Gasteiger partial charge in [0.05, 0.1) is 11.3 Å². The monoisotopic (exact) mass is 430 g/mol. The summed E-state index contributed by atoms with van der Waals surface area (Å²) in [5.74, 6) is -0.916. The summed E-state index contributed by atoms with van der Waals surface area (Å²) in [4.78, 5) is 26.7. The highest BCUT2D eigenvalue weighted by Gasteiger charge is 2.28. The molecule has 1 N–H and O–H groups in total. The van der Waals surface area contributed by atoms with Crippen LogP contribution in [-0.2, 0) is 6.54 Å². The molecule has 0 aliphatic carbocycles. The fourth-order valence-electron chi connectivity index (χ4n) is 5.32. The van der Waals surface area contributed by atoms with Gasteiger partial charge in [0.2, 0.25) is 0 Å². The number of aromatic nitrogens is 2. The van der Waals surface area contributed by atoms with E-state index in [4.69, 9.17) is 4.98 Å². The number of benzene rings is 1. The van der Waals surface area contributed by atoms with Gasteiger partial charge in [-0.25, -0.2) is 14.8 Å². The smallest absolute Gasteiger partial charge is 0.336 e. The fourth-order valence-corrected chi connectivity index (χ4v) is 5.32. The van der Waals surface area contributed by atoms with Crippen LogP contribution >= 0.6 is 0 Å². The van der Waals surface area contributed by atoms with E-state index in [1.54, 1.807) is 12.3 Å². The van der Waals surface area contributed by atoms with Crippen molar-refractivity contribution in [1.82, 2.24) is 19.8 Å². The molecule has 0 atom stereocenters. The van der Waals surface area contributed by atoms with Gasteiger partial charge in [0.15, 0.2) is 5.65 Å². The average molecular weight is 431 g/mol. The first-order valence-electron chi connectivity index (χ1n) is 11.7. The van der Waals surface area contributed by atoms with Crippen LogP contribution in [-0.4, -0.2) is 63.1 Å². The van der Waals surface area contributed by atoms with Gasteiger partial charge in [0.1, 0.15) is 0 Å². The summed E-state index contributed by atoms with van der Waals surface area (Å²) in [6.07, 6.45) is 7.95. The predicted molar refractivity (Wildman–Crippen MR) is 126 cm³/mol. The number of hydrogen-bond acceptors (Lipinski definition) is 5. The van der Waals surface area contributed by atoms with Gasteiger partial charge in [-0.15, -0.1) is 0 Å². The standard InChI is InChI=1S/C26H30N4O2/c31-26(32)23-21-10-7-13-27-25(21)28-24(19-8-3-1-4-9-19)22(23)18-29-16-11-20(12-17-29)30-14-5-2-6-15-30/h1,3-4,7-10,13,20H,2,5-6,11-12,14-18H2,(H,31,32). The molecule has 166 valence electrons. The van der Waals surface area contributed by atoms with Crippen molar-refractivity contribution in [2.24, 2.45) is 0 Å². The number of aromatic carboxylic acids is 1. The second-order valence-electron chi connectivity index (χ2n) is 8.96. The van der Waals surface area contributed by atoms with Gasteiger partial charge in [-0.2, -0.15) is 0 Å². The fraction of sp³-hybridized carbons (Fsp3) is 0.423. The molecule has 2 aliphatic rings. The highest BCUT2D eigenvalue weighted by atomic mass is 16.4. The molecule has 0 radical (unpaired) electrons. The number of carboxylic acid groups (broad SMARTS) is 1. The predicted octanol–water partition coefficient (Wildman–Crippen LogP) is 4.45. The molecule has 0 spiro atoms. The first-order valence-corrected chi connectivity index (χ1v) is 11.7. The van der Waals surface area contributed by atoms with E-state index in [9.17, 15) is 9.90 Å². The second kappa shape index (κ2) is 9.35. The van der Waals surface area contributed by atoms with Crippen molar-refractivity contribution < 1.29 is 9.90 Å². The molecule has 32 heavy (non-hydrogen) atoms. The zero-order valence-corrected chi connectivity index (χ0v) is 18.4. The Morgan fingerprint density at radius 1 is 0.969 bits per heavy atom. The molecule has 2 saturated heterocycles. The maximum absolute atomic E-state index is 12.4. The summed E-state index contributed by atoms with van der Waals surface area (Å²) in [7, 11) is 0. The van der Waals surface area contributed by atoms with Crippen LogP contribution in [0.2, 0.25) is 0 Å². The van der Waals surface area contributed by atoms with E-state index >= 15 is 0 Å². The lowest BCUT2D eigenvalue weighted by atomic mass is 9.95. The van der Waals surface area contributed by atoms with Gasteiger partial charge >= 0.3 is 5.97 Å². The maximum atomic E-state index is 12.4. The van der Waals surface area contributed by atoms with Crippen molar-refractivity contribution in [1.29, 1.82) is 0 Å². The highest BCUT2D eigenvalue weighted by molar-refractivity contribution is 6.04. The highest BCUT2D eigenvalue weighted by Crippen LogP contribution is 2.32. The topological polar surface area (TPSA) is 69.6 Å². The molecule has 0 unspecified atom stereocenters. The largest absolute Gasteiger partial charge is 0.478 e. The van der Waals surface area contributed by atoms with Gasteiger partial charge in [-0.3, -0.25) is 4.90 Å². The van der Waals surface area contributed by atoms with Crippen LogP contribution in [0.15, 0.2) is 48.7 Å². The van der Waals surface area contributed by atoms with E-state index in [1.165, 1.54) is 32.4 Å². The normalized spacial score (nSPS) is 18.8. The number of piperidine rings is 2. The molecule has 0 saturated carbocycles. The number of pyridine rings is 2. The Labute approximate surface area is 188 Å². The molecule has 0 amide bonds. The minimum atomic E-state index is -0.916. The number of hydrogen-bond donors (Lipinski definition) is 1. The third kappa shape index (κ3) is 4.25. The van der Waals surface area contributed by atoms with Crippen LogP contribution in [0.4, 0.5) is 0 Å². The van der Waals surface area contributed by atoms with E-state index < -0.39 is 5.97 Å². The molecule has 6 heteroatoms. The molecule has 2 fully saturated rings. The summed E-state index contributed by atoms with van der Waals surface area (Å²) in [6, 6.07) is 14.2. The number of carboxylic acids is 1. The van der Waals surface area contributed by atoms with E-state index in [2.05, 4.69) is 14.8 Å². The molecule has 1 aromatic carbocycles. The van der Waals surface area contributed by atoms with Crippen molar-refractivity contribution in [3.05, 3.63) is 59.8 Å². The van der Waals surface area contributed by atoms with Crippen LogP contribution in [0.25, 0.3) is 22.3 Å². The second-order valence-corrected chi connectivity index (χ2v) is 8.96. The van der Waals surface area contributed by atoms with Crippen LogP contribution in [0, 0.1) is 0 Å². The van der Waals surface area contributed by atoms with Gasteiger partial charge in [-0.1, -0.05) is 36.8 Å². The summed E-state index contributed by atoms with van der Waals surface area (Å²) in [5, 5.41) is 10.8. The van der Waals surface area contributed by atoms with Crippen LogP contribution < -0.4 is 0 Å². The molecule has 6 nitrogen and oxygen atoms in total. The Balaban J connectivity index is 1.47. The Morgan fingerprint density at radius 3 is 2.44 bits per heavy atom. The van der Waals surface area contributed by atoms with Crippen LogP contribution in [0.5, 0.6) is 0 Å². The van der Waals surface area contributed by atoms with Gasteiger partial charge in [0.25, 0.3) is 0 Å². The molecule has 4 heterocycles. The molecule has 2 aromatic heterocycles. The number of rotatable bonds is 5. The molecule has 0 bridgehead atoms. The minimum Gasteiger partial charge on any atom is -0.478 e. The number of likely N-dealkylation sites (tertiary alicyclic amines) is 2. The Hall–Kier alpha value is -2.83. The first-order chi connectivity index (χ1) is 15.7. The molecule has 3 aromatic rings. The van der Waals surface area contributed by atoms with Crippen molar-refractivity contribution in [2.75, 3.05) is 26.2 Å². The van der Waals surface area contributed by atoms with E-state index in [0.717, 1.165) is 42.8 Å². The third-order valence-electron chi connectivity index (χ3n) is 6.97. The lowest BCUT2D eigenvalue weighted by molar-refractivity contribution is 0.0692. The minimum absolute atomic E-state index is 0.333. The van der Waals surface area contributed by atoms with E-state index in [1.807, 2.05) is 36.4 Å². The lowest BCUT2D eigenvalue weighted by Crippen LogP contribution is -2.46. The van der Waals surface area contributed by atoms with E-state index in [-0.39, 0.29) is 0 Å². The Bertz CT molecular complexity index is 1090. The van der Waals surface area contributed by atoms with Gasteiger partial charge < -0.3 is 10.0 Å². The van der Waals surface area contributed by atoms with Crippen molar-refractivity contribution in [2.45, 2.75) is 44.7 Å². The first kappa shape index (κ1) is 21.0. The van der Waals surface area contributed by atoms with Crippen molar-refractivity contribution in [3.8, 4) is 11.3 Å². The summed E-state index contributed by atoms with van der Waals surface area (Å²) in [5.41, 5.74) is 3.27. The third-order valence-corrected chi connectivity index (χ3v) is 6.97. The molecular weight excluding hydrogens is 400 g/mol. The Kier molecular flexibility index (Phi) is 6.14. The Morgan fingerprint density at radius 2 is 1.72 bits per heavy atom. The SMILES string of the molecule is O=C(O)c1c(CN2CCC(N3CCCCC3)CC2)c(-c2ccccc2)nc2ncccc12. The number of carbonyl (C=O) groups is 1. The number of nitrogens with zero attached hydrogens (tertiary/aromatic N) is 4. The number of fused-ring (bicyclic) bond motifs is 1. The zero-order valence-electron chi connectivity index (χ0n) is 18.4. The average Bonchev–Trinajstić information content (AvgIpc) is 2.85. The molecule has 5 rings (SSSR count). The summed E-state index contributed by atoms with van der Waals surface area (Å²) in [6.45, 7) is 5.02.